The molecule has 0 bridgehead atoms. The van der Waals surface area contributed by atoms with E-state index >= 15 is 0 Å². The van der Waals surface area contributed by atoms with Crippen LogP contribution in [0.3, 0.4) is 0 Å². The van der Waals surface area contributed by atoms with E-state index < -0.39 is 0 Å². The predicted octanol–water partition coefficient (Wildman–Crippen LogP) is 3.17. The Kier molecular flexibility index (Phi) is 1.91. The molecule has 1 aliphatic rings. The summed E-state index contributed by atoms with van der Waals surface area (Å²) < 4.78 is 13.8. The highest BCUT2D eigenvalue weighted by Crippen LogP contribution is 2.42. The fourth-order valence-corrected chi connectivity index (χ4v) is 1.79. The maximum Gasteiger partial charge on any atom is 0.213 e. The summed E-state index contributed by atoms with van der Waals surface area (Å²) in [4.78, 5) is 3.88. The molecule has 1 heterocycles. The van der Waals surface area contributed by atoms with Gasteiger partial charge in [-0.1, -0.05) is 0 Å². The van der Waals surface area contributed by atoms with E-state index in [1.165, 1.54) is 6.07 Å². The third-order valence-corrected chi connectivity index (χ3v) is 3.13. The first-order chi connectivity index (χ1) is 5.68. The Morgan fingerprint density at radius 2 is 2.25 bits per heavy atom. The predicted molar refractivity (Wildman–Crippen MR) is 48.6 cm³/mol. The summed E-state index contributed by atoms with van der Waals surface area (Å²) in [5.74, 6) is 0.131. The van der Waals surface area contributed by atoms with Crippen LogP contribution in [0.15, 0.2) is 10.5 Å². The van der Waals surface area contributed by atoms with Crippen molar-refractivity contribution in [2.24, 2.45) is 0 Å². The molecule has 0 radical (unpaired) electrons. The highest BCUT2D eigenvalue weighted by atomic mass is 79.9. The van der Waals surface area contributed by atoms with Crippen molar-refractivity contribution in [1.82, 2.24) is 4.98 Å². The largest absolute Gasteiger partial charge is 0.223 e. The average molecular weight is 230 g/mol. The number of aromatic nitrogens is 1. The molecule has 0 atom stereocenters. The number of halogens is 2. The smallest absolute Gasteiger partial charge is 0.213 e. The van der Waals surface area contributed by atoms with Crippen LogP contribution >= 0.6 is 15.9 Å². The summed E-state index contributed by atoms with van der Waals surface area (Å²) in [6.07, 6.45) is 2.29. The van der Waals surface area contributed by atoms with E-state index in [2.05, 4.69) is 20.9 Å². The number of hydrogen-bond acceptors (Lipinski definition) is 1. The molecule has 2 rings (SSSR count). The molecule has 1 fully saturated rings. The van der Waals surface area contributed by atoms with E-state index in [1.807, 2.05) is 6.92 Å². The van der Waals surface area contributed by atoms with Gasteiger partial charge in [-0.25, -0.2) is 4.98 Å². The van der Waals surface area contributed by atoms with Gasteiger partial charge in [0.2, 0.25) is 5.95 Å². The summed E-state index contributed by atoms with van der Waals surface area (Å²) in [6.45, 7) is 1.89. The van der Waals surface area contributed by atoms with E-state index in [4.69, 9.17) is 0 Å². The molecule has 1 aromatic rings. The third kappa shape index (κ3) is 1.38. The number of hydrogen-bond donors (Lipinski definition) is 0. The van der Waals surface area contributed by atoms with Gasteiger partial charge in [-0.15, -0.1) is 0 Å². The van der Waals surface area contributed by atoms with Crippen molar-refractivity contribution < 1.29 is 4.39 Å². The number of nitrogens with zero attached hydrogens (tertiary/aromatic N) is 1. The van der Waals surface area contributed by atoms with Crippen LogP contribution in [-0.2, 0) is 0 Å². The molecule has 12 heavy (non-hydrogen) atoms. The van der Waals surface area contributed by atoms with Crippen LogP contribution in [0, 0.1) is 12.9 Å². The van der Waals surface area contributed by atoms with Gasteiger partial charge in [-0.2, -0.15) is 4.39 Å². The minimum absolute atomic E-state index is 0.363. The third-order valence-electron chi connectivity index (χ3n) is 2.10. The topological polar surface area (TPSA) is 12.9 Å². The molecule has 1 aliphatic carbocycles. The first-order valence-electron chi connectivity index (χ1n) is 4.01. The van der Waals surface area contributed by atoms with Gasteiger partial charge < -0.3 is 0 Å². The summed E-state index contributed by atoms with van der Waals surface area (Å²) in [5.41, 5.74) is 1.83. The normalized spacial score (nSPS) is 16.6. The first kappa shape index (κ1) is 8.17. The first-order valence-corrected chi connectivity index (χ1v) is 4.80. The molecule has 0 saturated heterocycles. The molecule has 0 aliphatic heterocycles. The number of rotatable bonds is 1. The van der Waals surface area contributed by atoms with E-state index in [0.717, 1.165) is 28.6 Å². The van der Waals surface area contributed by atoms with Crippen LogP contribution < -0.4 is 0 Å². The van der Waals surface area contributed by atoms with Gasteiger partial charge >= 0.3 is 0 Å². The maximum atomic E-state index is 12.9. The second-order valence-corrected chi connectivity index (χ2v) is 4.03. The Morgan fingerprint density at radius 3 is 2.83 bits per heavy atom. The monoisotopic (exact) mass is 229 g/mol. The Labute approximate surface area is 79.1 Å². The minimum Gasteiger partial charge on any atom is -0.223 e. The zero-order chi connectivity index (χ0) is 8.72. The maximum absolute atomic E-state index is 12.9. The summed E-state index contributed by atoms with van der Waals surface area (Å²) in [6, 6.07) is 1.45. The lowest BCUT2D eigenvalue weighted by molar-refractivity contribution is 0.574. The van der Waals surface area contributed by atoms with Gasteiger partial charge in [0.05, 0.1) is 5.69 Å². The fraction of sp³-hybridized carbons (Fsp3) is 0.444. The highest BCUT2D eigenvalue weighted by Gasteiger charge is 2.28. The molecule has 0 unspecified atom stereocenters. The highest BCUT2D eigenvalue weighted by molar-refractivity contribution is 9.10. The van der Waals surface area contributed by atoms with Gasteiger partial charge in [0.15, 0.2) is 0 Å². The van der Waals surface area contributed by atoms with Crippen molar-refractivity contribution in [3.63, 3.8) is 0 Å². The summed E-state index contributed by atoms with van der Waals surface area (Å²) in [5, 5.41) is 0. The molecular weight excluding hydrogens is 221 g/mol. The van der Waals surface area contributed by atoms with Gasteiger partial charge in [-0.05, 0) is 47.3 Å². The lowest BCUT2D eigenvalue weighted by Crippen LogP contribution is -1.94. The SMILES string of the molecule is Cc1cc(F)nc(C2CC2)c1Br. The standard InChI is InChI=1S/C9H9BrFN/c1-5-4-7(11)12-9(8(5)10)6-2-3-6/h4,6H,2-3H2,1H3. The lowest BCUT2D eigenvalue weighted by atomic mass is 10.2. The van der Waals surface area contributed by atoms with Gasteiger partial charge in [-0.3, -0.25) is 0 Å². The Hall–Kier alpha value is -0.440. The molecule has 1 saturated carbocycles. The molecular formula is C9H9BrFN. The Morgan fingerprint density at radius 1 is 1.58 bits per heavy atom. The Balaban J connectivity index is 2.51. The van der Waals surface area contributed by atoms with E-state index in [1.54, 1.807) is 0 Å². The van der Waals surface area contributed by atoms with Crippen molar-refractivity contribution in [3.05, 3.63) is 27.7 Å². The molecule has 1 nitrogen and oxygen atoms in total. The van der Waals surface area contributed by atoms with Gasteiger partial charge in [0.1, 0.15) is 0 Å². The zero-order valence-electron chi connectivity index (χ0n) is 6.77. The van der Waals surface area contributed by atoms with E-state index in [-0.39, 0.29) is 5.95 Å². The zero-order valence-corrected chi connectivity index (χ0v) is 8.36. The van der Waals surface area contributed by atoms with E-state index in [9.17, 15) is 4.39 Å². The van der Waals surface area contributed by atoms with Crippen molar-refractivity contribution in [3.8, 4) is 0 Å². The van der Waals surface area contributed by atoms with Gasteiger partial charge in [0, 0.05) is 10.4 Å². The van der Waals surface area contributed by atoms with Crippen LogP contribution in [0.5, 0.6) is 0 Å². The molecule has 3 heteroatoms. The molecule has 1 aromatic heterocycles. The van der Waals surface area contributed by atoms with Crippen LogP contribution in [0.4, 0.5) is 4.39 Å². The summed E-state index contributed by atoms with van der Waals surface area (Å²) in [7, 11) is 0. The summed E-state index contributed by atoms with van der Waals surface area (Å²) >= 11 is 3.43. The number of aryl methyl sites for hydroxylation is 1. The van der Waals surface area contributed by atoms with Crippen LogP contribution in [0.25, 0.3) is 0 Å². The van der Waals surface area contributed by atoms with Crippen LogP contribution in [0.2, 0.25) is 0 Å². The second kappa shape index (κ2) is 2.80. The van der Waals surface area contributed by atoms with Crippen molar-refractivity contribution >= 4 is 15.9 Å². The molecule has 64 valence electrons. The van der Waals surface area contributed by atoms with Crippen molar-refractivity contribution in [2.75, 3.05) is 0 Å². The number of pyridine rings is 1. The molecule has 0 amide bonds. The molecule has 0 aromatic carbocycles. The second-order valence-electron chi connectivity index (χ2n) is 3.24. The van der Waals surface area contributed by atoms with Crippen LogP contribution in [-0.4, -0.2) is 4.98 Å². The van der Waals surface area contributed by atoms with Crippen molar-refractivity contribution in [2.45, 2.75) is 25.7 Å². The Bertz CT molecular complexity index is 321. The average Bonchev–Trinajstić information content (AvgIpc) is 2.79. The minimum atomic E-state index is -0.363. The lowest BCUT2D eigenvalue weighted by Gasteiger charge is -2.04. The van der Waals surface area contributed by atoms with Crippen molar-refractivity contribution in [1.29, 1.82) is 0 Å². The van der Waals surface area contributed by atoms with Crippen LogP contribution in [0.1, 0.15) is 30.0 Å². The van der Waals surface area contributed by atoms with E-state index in [0.29, 0.717) is 5.92 Å². The fourth-order valence-electron chi connectivity index (χ4n) is 1.27. The van der Waals surface area contributed by atoms with Gasteiger partial charge in [0.25, 0.3) is 0 Å². The quantitative estimate of drug-likeness (QED) is 0.675. The molecule has 0 spiro atoms. The molecule has 0 N–H and O–H groups in total.